The highest BCUT2D eigenvalue weighted by Gasteiger charge is 2.15. The molecule has 0 fully saturated rings. The predicted molar refractivity (Wildman–Crippen MR) is 100 cm³/mol. The molecule has 0 bridgehead atoms. The van der Waals surface area contributed by atoms with E-state index in [1.165, 1.54) is 0 Å². The lowest BCUT2D eigenvalue weighted by molar-refractivity contribution is -0.122. The van der Waals surface area contributed by atoms with Crippen LogP contribution in [0.3, 0.4) is 0 Å². The van der Waals surface area contributed by atoms with Gasteiger partial charge in [-0.3, -0.25) is 9.59 Å². The Morgan fingerprint density at radius 2 is 1.88 bits per heavy atom. The topological polar surface area (TPSA) is 97.0 Å². The molecule has 0 aliphatic rings. The predicted octanol–water partition coefficient (Wildman–Crippen LogP) is 2.47. The SMILES string of the molecule is CCCOc1ccc(-c2nnc(CCC(=O)NC(C)(C)C)c(=O)[nH]2)cc1. The van der Waals surface area contributed by atoms with E-state index in [0.29, 0.717) is 12.4 Å². The molecule has 1 heterocycles. The van der Waals surface area contributed by atoms with Gasteiger partial charge in [0.25, 0.3) is 5.56 Å². The summed E-state index contributed by atoms with van der Waals surface area (Å²) >= 11 is 0. The fourth-order valence-corrected chi connectivity index (χ4v) is 2.30. The van der Waals surface area contributed by atoms with Gasteiger partial charge in [-0.2, -0.15) is 0 Å². The Kier molecular flexibility index (Phi) is 6.49. The van der Waals surface area contributed by atoms with Crippen LogP contribution in [0.2, 0.25) is 0 Å². The van der Waals surface area contributed by atoms with Crippen LogP contribution in [0, 0.1) is 0 Å². The number of carbonyl (C=O) groups is 1. The van der Waals surface area contributed by atoms with E-state index in [4.69, 9.17) is 4.74 Å². The fourth-order valence-electron chi connectivity index (χ4n) is 2.30. The van der Waals surface area contributed by atoms with Crippen molar-refractivity contribution < 1.29 is 9.53 Å². The number of aromatic amines is 1. The van der Waals surface area contributed by atoms with Crippen LogP contribution in [0.25, 0.3) is 11.4 Å². The van der Waals surface area contributed by atoms with Gasteiger partial charge in [0.15, 0.2) is 5.82 Å². The lowest BCUT2D eigenvalue weighted by atomic mass is 10.1. The van der Waals surface area contributed by atoms with Crippen molar-refractivity contribution in [3.05, 3.63) is 40.3 Å². The maximum atomic E-state index is 12.2. The molecule has 0 aliphatic heterocycles. The normalized spacial score (nSPS) is 11.2. The molecule has 2 rings (SSSR count). The van der Waals surface area contributed by atoms with Crippen molar-refractivity contribution >= 4 is 5.91 Å². The van der Waals surface area contributed by atoms with Crippen LogP contribution in [0.4, 0.5) is 0 Å². The van der Waals surface area contributed by atoms with Gasteiger partial charge in [0.05, 0.1) is 6.61 Å². The average Bonchev–Trinajstić information content (AvgIpc) is 2.58. The van der Waals surface area contributed by atoms with Crippen molar-refractivity contribution in [2.45, 2.75) is 52.5 Å². The van der Waals surface area contributed by atoms with Crippen LogP contribution in [-0.2, 0) is 11.2 Å². The number of aromatic nitrogens is 3. The molecule has 26 heavy (non-hydrogen) atoms. The zero-order valence-electron chi connectivity index (χ0n) is 15.8. The largest absolute Gasteiger partial charge is 0.494 e. The number of hydrogen-bond acceptors (Lipinski definition) is 5. The second kappa shape index (κ2) is 8.60. The number of H-pyrrole nitrogens is 1. The Morgan fingerprint density at radius 1 is 1.19 bits per heavy atom. The Balaban J connectivity index is 2.02. The number of amides is 1. The molecule has 0 saturated carbocycles. The Bertz CT molecular complexity index is 792. The van der Waals surface area contributed by atoms with Gasteiger partial charge in [-0.25, -0.2) is 0 Å². The molecular weight excluding hydrogens is 332 g/mol. The molecule has 7 heteroatoms. The first-order valence-electron chi connectivity index (χ1n) is 8.78. The van der Waals surface area contributed by atoms with Crippen LogP contribution in [-0.4, -0.2) is 33.2 Å². The standard InChI is InChI=1S/C19H26N4O3/c1-5-12-26-14-8-6-13(7-9-14)17-20-18(25)15(22-23-17)10-11-16(24)21-19(2,3)4/h6-9H,5,10-12H2,1-4H3,(H,21,24)(H,20,23,25). The van der Waals surface area contributed by atoms with E-state index >= 15 is 0 Å². The maximum Gasteiger partial charge on any atom is 0.273 e. The van der Waals surface area contributed by atoms with Crippen molar-refractivity contribution in [2.75, 3.05) is 6.61 Å². The first-order valence-corrected chi connectivity index (χ1v) is 8.78. The summed E-state index contributed by atoms with van der Waals surface area (Å²) < 4.78 is 5.53. The van der Waals surface area contributed by atoms with Crippen LogP contribution in [0.5, 0.6) is 5.75 Å². The van der Waals surface area contributed by atoms with Gasteiger partial charge in [-0.15, -0.1) is 10.2 Å². The van der Waals surface area contributed by atoms with Crippen LogP contribution >= 0.6 is 0 Å². The van der Waals surface area contributed by atoms with E-state index in [0.717, 1.165) is 17.7 Å². The first-order chi connectivity index (χ1) is 12.3. The third kappa shape index (κ3) is 5.98. The Morgan fingerprint density at radius 3 is 2.46 bits per heavy atom. The summed E-state index contributed by atoms with van der Waals surface area (Å²) in [5.74, 6) is 1.04. The van der Waals surface area contributed by atoms with E-state index < -0.39 is 0 Å². The number of aryl methyl sites for hydroxylation is 1. The second-order valence-corrected chi connectivity index (χ2v) is 7.12. The van der Waals surface area contributed by atoms with E-state index in [9.17, 15) is 9.59 Å². The number of nitrogens with zero attached hydrogens (tertiary/aromatic N) is 2. The number of hydrogen-bond donors (Lipinski definition) is 2. The zero-order valence-corrected chi connectivity index (χ0v) is 15.8. The minimum absolute atomic E-state index is 0.120. The molecule has 2 N–H and O–H groups in total. The smallest absolute Gasteiger partial charge is 0.273 e. The molecule has 1 aromatic heterocycles. The van der Waals surface area contributed by atoms with Gasteiger partial charge in [-0.1, -0.05) is 6.92 Å². The molecule has 0 aliphatic carbocycles. The first kappa shape index (κ1) is 19.6. The molecule has 0 atom stereocenters. The Labute approximate surface area is 153 Å². The summed E-state index contributed by atoms with van der Waals surface area (Å²) in [7, 11) is 0. The van der Waals surface area contributed by atoms with Crippen molar-refractivity contribution in [1.82, 2.24) is 20.5 Å². The molecule has 1 aromatic carbocycles. The Hall–Kier alpha value is -2.70. The maximum absolute atomic E-state index is 12.2. The van der Waals surface area contributed by atoms with E-state index in [1.54, 1.807) is 0 Å². The highest BCUT2D eigenvalue weighted by atomic mass is 16.5. The molecule has 0 unspecified atom stereocenters. The third-order valence-electron chi connectivity index (χ3n) is 3.47. The summed E-state index contributed by atoms with van der Waals surface area (Å²) in [6, 6.07) is 7.30. The van der Waals surface area contributed by atoms with Gasteiger partial charge >= 0.3 is 0 Å². The van der Waals surface area contributed by atoms with Crippen molar-refractivity contribution in [2.24, 2.45) is 0 Å². The fraction of sp³-hybridized carbons (Fsp3) is 0.474. The lowest BCUT2D eigenvalue weighted by Gasteiger charge is -2.20. The average molecular weight is 358 g/mol. The monoisotopic (exact) mass is 358 g/mol. The van der Waals surface area contributed by atoms with Crippen molar-refractivity contribution in [1.29, 1.82) is 0 Å². The molecule has 140 valence electrons. The number of rotatable bonds is 7. The molecule has 1 amide bonds. The van der Waals surface area contributed by atoms with Gasteiger partial charge < -0.3 is 15.0 Å². The number of carbonyl (C=O) groups excluding carboxylic acids is 1. The van der Waals surface area contributed by atoms with Gasteiger partial charge in [0.1, 0.15) is 11.4 Å². The van der Waals surface area contributed by atoms with Crippen molar-refractivity contribution in [3.8, 4) is 17.1 Å². The highest BCUT2D eigenvalue weighted by molar-refractivity contribution is 5.76. The molecule has 7 nitrogen and oxygen atoms in total. The van der Waals surface area contributed by atoms with Gasteiger partial charge in [-0.05, 0) is 51.5 Å². The van der Waals surface area contributed by atoms with Crippen LogP contribution in [0.15, 0.2) is 29.1 Å². The zero-order chi connectivity index (χ0) is 19.2. The molecule has 0 spiro atoms. The number of ether oxygens (including phenoxy) is 1. The minimum atomic E-state index is -0.329. The van der Waals surface area contributed by atoms with Crippen LogP contribution in [0.1, 0.15) is 46.2 Å². The van der Waals surface area contributed by atoms with E-state index in [2.05, 4.69) is 20.5 Å². The summed E-state index contributed by atoms with van der Waals surface area (Å²) in [5.41, 5.74) is 0.368. The van der Waals surface area contributed by atoms with Crippen molar-refractivity contribution in [3.63, 3.8) is 0 Å². The van der Waals surface area contributed by atoms with Crippen LogP contribution < -0.4 is 15.6 Å². The molecular formula is C19H26N4O3. The minimum Gasteiger partial charge on any atom is -0.494 e. The van der Waals surface area contributed by atoms with Gasteiger partial charge in [0, 0.05) is 23.9 Å². The molecule has 0 saturated heterocycles. The second-order valence-electron chi connectivity index (χ2n) is 7.12. The highest BCUT2D eigenvalue weighted by Crippen LogP contribution is 2.18. The summed E-state index contributed by atoms with van der Waals surface area (Å²) in [5, 5.41) is 10.9. The van der Waals surface area contributed by atoms with Gasteiger partial charge in [0.2, 0.25) is 5.91 Å². The number of nitrogens with one attached hydrogen (secondary N) is 2. The quantitative estimate of drug-likeness (QED) is 0.792. The summed E-state index contributed by atoms with van der Waals surface area (Å²) in [4.78, 5) is 26.8. The molecule has 2 aromatic rings. The van der Waals surface area contributed by atoms with E-state index in [1.807, 2.05) is 52.0 Å². The summed E-state index contributed by atoms with van der Waals surface area (Å²) in [6.45, 7) is 8.43. The number of benzene rings is 1. The lowest BCUT2D eigenvalue weighted by Crippen LogP contribution is -2.40. The molecule has 0 radical (unpaired) electrons. The van der Waals surface area contributed by atoms with E-state index in [-0.39, 0.29) is 35.5 Å². The third-order valence-corrected chi connectivity index (χ3v) is 3.47. The summed E-state index contributed by atoms with van der Waals surface area (Å²) in [6.07, 6.45) is 1.38.